The first-order chi connectivity index (χ1) is 5.24. The van der Waals surface area contributed by atoms with Crippen molar-refractivity contribution in [1.82, 2.24) is 0 Å². The van der Waals surface area contributed by atoms with Gasteiger partial charge in [0.15, 0.2) is 0 Å². The summed E-state index contributed by atoms with van der Waals surface area (Å²) in [6.07, 6.45) is 0. The average molecular weight is 209 g/mol. The van der Waals surface area contributed by atoms with Gasteiger partial charge in [-0.15, -0.1) is 5.11 Å². The van der Waals surface area contributed by atoms with Gasteiger partial charge in [-0.3, -0.25) is 0 Å². The van der Waals surface area contributed by atoms with Gasteiger partial charge in [0.05, 0.1) is 16.8 Å². The van der Waals surface area contributed by atoms with E-state index in [1.807, 2.05) is 0 Å². The highest BCUT2D eigenvalue weighted by atomic mass is 35.5. The highest BCUT2D eigenvalue weighted by Gasteiger charge is 1.98. The van der Waals surface area contributed by atoms with Crippen LogP contribution in [-0.2, 0) is 0 Å². The molecule has 1 aromatic carbocycles. The molecule has 0 fully saturated rings. The van der Waals surface area contributed by atoms with Gasteiger partial charge in [0, 0.05) is 5.02 Å². The largest absolute Gasteiger partial charge is 0.136 e. The Hall–Kier alpha value is -0.310. The molecular formula is C6H3Cl3N2. The zero-order valence-electron chi connectivity index (χ0n) is 5.26. The first-order valence-corrected chi connectivity index (χ1v) is 3.80. The monoisotopic (exact) mass is 208 g/mol. The van der Waals surface area contributed by atoms with E-state index < -0.39 is 0 Å². The van der Waals surface area contributed by atoms with E-state index in [-0.39, 0.29) is 0 Å². The number of hydrogen-bond donors (Lipinski definition) is 0. The van der Waals surface area contributed by atoms with Gasteiger partial charge < -0.3 is 0 Å². The third kappa shape index (κ3) is 2.33. The Bertz CT molecular complexity index is 285. The molecule has 0 spiro atoms. The molecular weight excluding hydrogens is 206 g/mol. The molecule has 5 heteroatoms. The van der Waals surface area contributed by atoms with Gasteiger partial charge in [-0.25, -0.2) is 0 Å². The lowest BCUT2D eigenvalue weighted by Gasteiger charge is -1.94. The molecule has 0 bridgehead atoms. The molecule has 1 rings (SSSR count). The van der Waals surface area contributed by atoms with E-state index in [9.17, 15) is 0 Å². The number of halogens is 3. The first kappa shape index (κ1) is 8.78. The molecule has 0 atom stereocenters. The fourth-order valence-electron chi connectivity index (χ4n) is 0.603. The maximum absolute atomic E-state index is 5.71. The van der Waals surface area contributed by atoms with E-state index in [1.54, 1.807) is 18.2 Å². The molecule has 0 aliphatic carbocycles. The molecule has 0 saturated carbocycles. The van der Waals surface area contributed by atoms with E-state index in [4.69, 9.17) is 35.0 Å². The van der Waals surface area contributed by atoms with Crippen molar-refractivity contribution in [3.05, 3.63) is 28.2 Å². The van der Waals surface area contributed by atoms with Crippen molar-refractivity contribution in [2.24, 2.45) is 9.75 Å². The van der Waals surface area contributed by atoms with Crippen molar-refractivity contribution < 1.29 is 0 Å². The SMILES string of the molecule is ClN=Nc1ccc(Cl)cc1Cl. The number of hydrogen-bond acceptors (Lipinski definition) is 2. The highest BCUT2D eigenvalue weighted by molar-refractivity contribution is 6.36. The van der Waals surface area contributed by atoms with Crippen LogP contribution < -0.4 is 0 Å². The average Bonchev–Trinajstić information content (AvgIpc) is 1.95. The fraction of sp³-hybridized carbons (Fsp3) is 0. The predicted molar refractivity (Wildman–Crippen MR) is 46.8 cm³/mol. The minimum absolute atomic E-state index is 0.432. The van der Waals surface area contributed by atoms with E-state index in [0.29, 0.717) is 15.7 Å². The Morgan fingerprint density at radius 1 is 1.18 bits per heavy atom. The molecule has 0 aliphatic rings. The maximum Gasteiger partial charge on any atom is 0.105 e. The second-order valence-corrected chi connectivity index (χ2v) is 2.77. The molecule has 0 aromatic heterocycles. The Morgan fingerprint density at radius 3 is 2.45 bits per heavy atom. The van der Waals surface area contributed by atoms with Crippen LogP contribution in [0.1, 0.15) is 0 Å². The topological polar surface area (TPSA) is 24.7 Å². The van der Waals surface area contributed by atoms with E-state index in [1.165, 1.54) is 0 Å². The highest BCUT2D eigenvalue weighted by Crippen LogP contribution is 2.28. The summed E-state index contributed by atoms with van der Waals surface area (Å²) >= 11 is 16.4. The van der Waals surface area contributed by atoms with Crippen molar-refractivity contribution in [2.45, 2.75) is 0 Å². The van der Waals surface area contributed by atoms with Crippen LogP contribution in [0.25, 0.3) is 0 Å². The van der Waals surface area contributed by atoms with Gasteiger partial charge in [-0.05, 0) is 18.2 Å². The summed E-state index contributed by atoms with van der Waals surface area (Å²) in [6.45, 7) is 0. The Kier molecular flexibility index (Phi) is 3.12. The van der Waals surface area contributed by atoms with Crippen molar-refractivity contribution in [3.8, 4) is 0 Å². The van der Waals surface area contributed by atoms with Crippen molar-refractivity contribution in [2.75, 3.05) is 0 Å². The lowest BCUT2D eigenvalue weighted by atomic mass is 10.3. The number of rotatable bonds is 1. The lowest BCUT2D eigenvalue weighted by molar-refractivity contribution is 1.33. The van der Waals surface area contributed by atoms with E-state index in [2.05, 4.69) is 9.75 Å². The standard InChI is InChI=1S/C6H3Cl3N2/c7-4-1-2-6(10-11-9)5(8)3-4/h1-3H. The Labute approximate surface area is 78.9 Å². The minimum atomic E-state index is 0.432. The quantitative estimate of drug-likeness (QED) is 0.618. The summed E-state index contributed by atoms with van der Waals surface area (Å²) in [4.78, 5) is 0. The third-order valence-corrected chi connectivity index (χ3v) is 1.67. The molecule has 0 radical (unpaired) electrons. The molecule has 0 saturated heterocycles. The van der Waals surface area contributed by atoms with Crippen LogP contribution >= 0.6 is 35.0 Å². The molecule has 11 heavy (non-hydrogen) atoms. The second kappa shape index (κ2) is 3.90. The van der Waals surface area contributed by atoms with Crippen molar-refractivity contribution >= 4 is 40.7 Å². The minimum Gasteiger partial charge on any atom is -0.136 e. The van der Waals surface area contributed by atoms with Gasteiger partial charge >= 0.3 is 0 Å². The van der Waals surface area contributed by atoms with E-state index >= 15 is 0 Å². The molecule has 1 aromatic rings. The summed E-state index contributed by atoms with van der Waals surface area (Å²) in [6, 6.07) is 4.87. The summed E-state index contributed by atoms with van der Waals surface area (Å²) in [5.74, 6) is 0. The molecule has 0 unspecified atom stereocenters. The summed E-state index contributed by atoms with van der Waals surface area (Å²) in [5, 5.41) is 4.54. The van der Waals surface area contributed by atoms with Gasteiger partial charge in [0.1, 0.15) is 5.69 Å². The molecule has 0 heterocycles. The van der Waals surface area contributed by atoms with Gasteiger partial charge in [-0.2, -0.15) is 0 Å². The zero-order valence-corrected chi connectivity index (χ0v) is 7.53. The van der Waals surface area contributed by atoms with Gasteiger partial charge in [0.25, 0.3) is 0 Å². The maximum atomic E-state index is 5.71. The normalized spacial score (nSPS) is 10.8. The smallest absolute Gasteiger partial charge is 0.105 e. The Balaban J connectivity index is 3.09. The summed E-state index contributed by atoms with van der Waals surface area (Å²) in [5.41, 5.74) is 0.506. The van der Waals surface area contributed by atoms with Crippen LogP contribution in [0.5, 0.6) is 0 Å². The van der Waals surface area contributed by atoms with Gasteiger partial charge in [-0.1, -0.05) is 27.8 Å². The van der Waals surface area contributed by atoms with Crippen LogP contribution in [0.2, 0.25) is 10.0 Å². The number of nitrogens with zero attached hydrogens (tertiary/aromatic N) is 2. The second-order valence-electron chi connectivity index (χ2n) is 1.77. The molecule has 0 aliphatic heterocycles. The molecule has 0 amide bonds. The molecule has 2 nitrogen and oxygen atoms in total. The predicted octanol–water partition coefficient (Wildman–Crippen LogP) is 4.23. The van der Waals surface area contributed by atoms with Crippen LogP contribution in [0, 0.1) is 0 Å². The molecule has 58 valence electrons. The summed E-state index contributed by atoms with van der Waals surface area (Å²) in [7, 11) is 0. The first-order valence-electron chi connectivity index (χ1n) is 2.71. The zero-order chi connectivity index (χ0) is 8.27. The Morgan fingerprint density at radius 2 is 1.91 bits per heavy atom. The number of benzene rings is 1. The van der Waals surface area contributed by atoms with E-state index in [0.717, 1.165) is 0 Å². The third-order valence-electron chi connectivity index (χ3n) is 1.06. The molecule has 0 N–H and O–H groups in total. The van der Waals surface area contributed by atoms with Crippen LogP contribution in [-0.4, -0.2) is 0 Å². The van der Waals surface area contributed by atoms with Crippen molar-refractivity contribution in [3.63, 3.8) is 0 Å². The lowest BCUT2D eigenvalue weighted by Crippen LogP contribution is -1.66. The van der Waals surface area contributed by atoms with Crippen LogP contribution in [0.3, 0.4) is 0 Å². The fourth-order valence-corrected chi connectivity index (χ4v) is 1.13. The van der Waals surface area contributed by atoms with Crippen LogP contribution in [0.4, 0.5) is 5.69 Å². The summed E-state index contributed by atoms with van der Waals surface area (Å²) < 4.78 is 3.07. The van der Waals surface area contributed by atoms with Gasteiger partial charge in [0.2, 0.25) is 0 Å². The van der Waals surface area contributed by atoms with Crippen molar-refractivity contribution in [1.29, 1.82) is 0 Å². The van der Waals surface area contributed by atoms with Crippen LogP contribution in [0.15, 0.2) is 27.9 Å².